The van der Waals surface area contributed by atoms with E-state index in [4.69, 9.17) is 11.6 Å². The molecule has 2 heterocycles. The van der Waals surface area contributed by atoms with Gasteiger partial charge in [-0.25, -0.2) is 4.68 Å². The normalized spacial score (nSPS) is 21.0. The Bertz CT molecular complexity index is 766. The largest absolute Gasteiger partial charge is 0.381 e. The molecule has 120 valence electrons. The maximum Gasteiger partial charge on any atom is 0.129 e. The molecule has 7 heteroatoms. The molecular formula is C16H18ClN5O. The van der Waals surface area contributed by atoms with E-state index in [0.29, 0.717) is 35.8 Å². The number of rotatable bonds is 3. The van der Waals surface area contributed by atoms with Crippen molar-refractivity contribution in [1.29, 1.82) is 5.26 Å². The van der Waals surface area contributed by atoms with Crippen molar-refractivity contribution < 1.29 is 5.11 Å². The summed E-state index contributed by atoms with van der Waals surface area (Å²) in [6.45, 7) is 5.00. The third kappa shape index (κ3) is 2.90. The van der Waals surface area contributed by atoms with Crippen LogP contribution in [0.3, 0.4) is 0 Å². The van der Waals surface area contributed by atoms with E-state index in [1.54, 1.807) is 29.1 Å². The third-order valence-electron chi connectivity index (χ3n) is 4.18. The van der Waals surface area contributed by atoms with Gasteiger partial charge in [-0.2, -0.15) is 5.26 Å². The Morgan fingerprint density at radius 1 is 1.43 bits per heavy atom. The first-order valence-corrected chi connectivity index (χ1v) is 7.90. The minimum absolute atomic E-state index is 0.190. The first kappa shape index (κ1) is 15.8. The predicted molar refractivity (Wildman–Crippen MR) is 87.3 cm³/mol. The highest BCUT2D eigenvalue weighted by molar-refractivity contribution is 6.30. The van der Waals surface area contributed by atoms with Gasteiger partial charge in [-0.3, -0.25) is 0 Å². The van der Waals surface area contributed by atoms with E-state index in [-0.39, 0.29) is 6.04 Å². The van der Waals surface area contributed by atoms with E-state index in [9.17, 15) is 10.4 Å². The second-order valence-corrected chi connectivity index (χ2v) is 6.59. The van der Waals surface area contributed by atoms with Gasteiger partial charge in [0.05, 0.1) is 24.0 Å². The molecule has 23 heavy (non-hydrogen) atoms. The Kier molecular flexibility index (Phi) is 4.00. The molecule has 2 aromatic rings. The number of benzene rings is 1. The molecule has 1 unspecified atom stereocenters. The zero-order chi connectivity index (χ0) is 16.6. The monoisotopic (exact) mass is 331 g/mol. The van der Waals surface area contributed by atoms with Gasteiger partial charge in [0.2, 0.25) is 0 Å². The van der Waals surface area contributed by atoms with Gasteiger partial charge in [0, 0.05) is 24.0 Å². The average Bonchev–Trinajstić information content (AvgIpc) is 3.15. The molecule has 0 saturated carbocycles. The molecule has 3 rings (SSSR count). The Balaban J connectivity index is 1.88. The number of halogens is 1. The first-order chi connectivity index (χ1) is 10.9. The van der Waals surface area contributed by atoms with Gasteiger partial charge in [0.15, 0.2) is 0 Å². The summed E-state index contributed by atoms with van der Waals surface area (Å²) >= 11 is 6.05. The molecule has 1 fully saturated rings. The topological polar surface area (TPSA) is 78.0 Å². The number of aliphatic hydroxyl groups is 1. The molecule has 0 amide bonds. The minimum Gasteiger partial charge on any atom is -0.381 e. The van der Waals surface area contributed by atoms with Crippen LogP contribution in [0.1, 0.15) is 37.6 Å². The van der Waals surface area contributed by atoms with Crippen molar-refractivity contribution in [2.45, 2.75) is 31.9 Å². The standard InChI is InChI=1S/C16H18ClN5O/c1-11(2)22-9-15(19-20-22)16(23)5-6-21(10-16)14-7-13(17)4-3-12(14)8-18/h3-4,7,9,11,23H,5-6,10H2,1-2H3. The van der Waals surface area contributed by atoms with Crippen molar-refractivity contribution in [1.82, 2.24) is 15.0 Å². The van der Waals surface area contributed by atoms with Crippen molar-refractivity contribution in [3.05, 3.63) is 40.7 Å². The SMILES string of the molecule is CC(C)n1cc(C2(O)CCN(c3cc(Cl)ccc3C#N)C2)nn1. The summed E-state index contributed by atoms with van der Waals surface area (Å²) in [5, 5.41) is 29.0. The van der Waals surface area contributed by atoms with Crippen LogP contribution < -0.4 is 4.90 Å². The summed E-state index contributed by atoms with van der Waals surface area (Å²) in [6, 6.07) is 7.52. The lowest BCUT2D eigenvalue weighted by molar-refractivity contribution is 0.0559. The van der Waals surface area contributed by atoms with Crippen LogP contribution in [0.25, 0.3) is 0 Å². The lowest BCUT2D eigenvalue weighted by Gasteiger charge is -2.23. The lowest BCUT2D eigenvalue weighted by Crippen LogP contribution is -2.31. The Hall–Kier alpha value is -2.10. The average molecular weight is 332 g/mol. The fourth-order valence-corrected chi connectivity index (χ4v) is 2.98. The van der Waals surface area contributed by atoms with Gasteiger partial charge in [-0.05, 0) is 32.0 Å². The summed E-state index contributed by atoms with van der Waals surface area (Å²) in [4.78, 5) is 1.97. The molecule has 1 N–H and O–H groups in total. The van der Waals surface area contributed by atoms with E-state index in [1.165, 1.54) is 0 Å². The Morgan fingerprint density at radius 2 is 2.22 bits per heavy atom. The summed E-state index contributed by atoms with van der Waals surface area (Å²) in [7, 11) is 0. The highest BCUT2D eigenvalue weighted by Gasteiger charge is 2.41. The summed E-state index contributed by atoms with van der Waals surface area (Å²) in [5.41, 5.74) is 0.785. The smallest absolute Gasteiger partial charge is 0.129 e. The molecule has 1 atom stereocenters. The number of β-amino-alcohol motifs (C(OH)–C–C–N with tert-alkyl or cyclic N) is 1. The number of nitrogens with zero attached hydrogens (tertiary/aromatic N) is 5. The number of nitriles is 1. The zero-order valence-corrected chi connectivity index (χ0v) is 13.8. The number of hydrogen-bond acceptors (Lipinski definition) is 5. The first-order valence-electron chi connectivity index (χ1n) is 7.52. The molecule has 0 radical (unpaired) electrons. The van der Waals surface area contributed by atoms with Crippen LogP contribution in [0, 0.1) is 11.3 Å². The van der Waals surface area contributed by atoms with Crippen LogP contribution in [0.2, 0.25) is 5.02 Å². The van der Waals surface area contributed by atoms with E-state index < -0.39 is 5.60 Å². The van der Waals surface area contributed by atoms with Crippen LogP contribution in [-0.4, -0.2) is 33.2 Å². The maximum absolute atomic E-state index is 10.9. The van der Waals surface area contributed by atoms with Gasteiger partial charge in [0.25, 0.3) is 0 Å². The highest BCUT2D eigenvalue weighted by Crippen LogP contribution is 2.35. The summed E-state index contributed by atoms with van der Waals surface area (Å²) in [6.07, 6.45) is 2.32. The van der Waals surface area contributed by atoms with E-state index >= 15 is 0 Å². The van der Waals surface area contributed by atoms with Crippen LogP contribution >= 0.6 is 11.6 Å². The molecule has 1 saturated heterocycles. The van der Waals surface area contributed by atoms with Gasteiger partial charge in [-0.15, -0.1) is 5.10 Å². The van der Waals surface area contributed by atoms with Crippen molar-refractivity contribution in [3.63, 3.8) is 0 Å². The molecule has 6 nitrogen and oxygen atoms in total. The molecule has 0 aliphatic carbocycles. The molecule has 0 spiro atoms. The van der Waals surface area contributed by atoms with Crippen LogP contribution in [0.5, 0.6) is 0 Å². The molecule has 1 aliphatic heterocycles. The fourth-order valence-electron chi connectivity index (χ4n) is 2.81. The number of aromatic nitrogens is 3. The number of hydrogen-bond donors (Lipinski definition) is 1. The summed E-state index contributed by atoms with van der Waals surface area (Å²) < 4.78 is 1.73. The summed E-state index contributed by atoms with van der Waals surface area (Å²) in [5.74, 6) is 0. The van der Waals surface area contributed by atoms with Crippen LogP contribution in [-0.2, 0) is 5.60 Å². The molecule has 1 aromatic heterocycles. The van der Waals surface area contributed by atoms with Gasteiger partial charge >= 0.3 is 0 Å². The van der Waals surface area contributed by atoms with E-state index in [0.717, 1.165) is 5.69 Å². The molecule has 1 aliphatic rings. The van der Waals surface area contributed by atoms with Gasteiger partial charge in [-0.1, -0.05) is 16.8 Å². The minimum atomic E-state index is -1.07. The zero-order valence-electron chi connectivity index (χ0n) is 13.1. The van der Waals surface area contributed by atoms with Gasteiger partial charge < -0.3 is 10.0 Å². The Labute approximate surface area is 139 Å². The quantitative estimate of drug-likeness (QED) is 0.934. The second kappa shape index (κ2) is 5.84. The predicted octanol–water partition coefficient (Wildman–Crippen LogP) is 2.48. The fraction of sp³-hybridized carbons (Fsp3) is 0.438. The second-order valence-electron chi connectivity index (χ2n) is 6.15. The van der Waals surface area contributed by atoms with Crippen LogP contribution in [0.4, 0.5) is 5.69 Å². The van der Waals surface area contributed by atoms with Crippen molar-refractivity contribution in [2.75, 3.05) is 18.0 Å². The molecular weight excluding hydrogens is 314 g/mol. The molecule has 0 bridgehead atoms. The Morgan fingerprint density at radius 3 is 2.87 bits per heavy atom. The van der Waals surface area contributed by atoms with E-state index in [1.807, 2.05) is 18.7 Å². The van der Waals surface area contributed by atoms with Crippen LogP contribution in [0.15, 0.2) is 24.4 Å². The third-order valence-corrected chi connectivity index (χ3v) is 4.42. The lowest BCUT2D eigenvalue weighted by atomic mass is 10.00. The van der Waals surface area contributed by atoms with Crippen molar-refractivity contribution in [2.24, 2.45) is 0 Å². The molecule has 1 aromatic carbocycles. The highest BCUT2D eigenvalue weighted by atomic mass is 35.5. The van der Waals surface area contributed by atoms with E-state index in [2.05, 4.69) is 16.4 Å². The maximum atomic E-state index is 10.9. The number of anilines is 1. The van der Waals surface area contributed by atoms with Crippen molar-refractivity contribution >= 4 is 17.3 Å². The van der Waals surface area contributed by atoms with Crippen molar-refractivity contribution in [3.8, 4) is 6.07 Å². The van der Waals surface area contributed by atoms with Gasteiger partial charge in [0.1, 0.15) is 17.4 Å².